The van der Waals surface area contributed by atoms with Crippen LogP contribution in [0.3, 0.4) is 0 Å². The summed E-state index contributed by atoms with van der Waals surface area (Å²) in [4.78, 5) is 13.8. The highest BCUT2D eigenvalue weighted by molar-refractivity contribution is 7.99. The molecule has 0 unspecified atom stereocenters. The molecule has 0 bridgehead atoms. The second kappa shape index (κ2) is 6.15. The minimum atomic E-state index is 0.508. The van der Waals surface area contributed by atoms with Crippen LogP contribution in [-0.2, 0) is 6.42 Å². The van der Waals surface area contributed by atoms with Gasteiger partial charge in [0.05, 0.1) is 5.39 Å². The molecule has 20 heavy (non-hydrogen) atoms. The molecule has 5 nitrogen and oxygen atoms in total. The molecule has 1 saturated heterocycles. The summed E-state index contributed by atoms with van der Waals surface area (Å²) in [6.45, 7) is 4.26. The van der Waals surface area contributed by atoms with Crippen molar-refractivity contribution in [3.8, 4) is 0 Å². The maximum Gasteiger partial charge on any atom is 0.240 e. The van der Waals surface area contributed by atoms with Gasteiger partial charge in [-0.15, -0.1) is 11.3 Å². The maximum absolute atomic E-state index is 5.52. The lowest BCUT2D eigenvalue weighted by molar-refractivity contribution is 0.804. The first-order valence-electron chi connectivity index (χ1n) is 6.91. The van der Waals surface area contributed by atoms with Gasteiger partial charge in [-0.1, -0.05) is 6.92 Å². The summed E-state index contributed by atoms with van der Waals surface area (Å²) in [5.41, 5.74) is 2.59. The minimum Gasteiger partial charge on any atom is -0.355 e. The fourth-order valence-electron chi connectivity index (χ4n) is 2.39. The van der Waals surface area contributed by atoms with Gasteiger partial charge >= 0.3 is 0 Å². The smallest absolute Gasteiger partial charge is 0.240 e. The molecule has 0 aromatic carbocycles. The van der Waals surface area contributed by atoms with Gasteiger partial charge in [-0.05, 0) is 24.7 Å². The lowest BCUT2D eigenvalue weighted by Gasteiger charge is -2.22. The molecule has 0 spiro atoms. The summed E-state index contributed by atoms with van der Waals surface area (Å²) in [6.07, 6.45) is 2.23. The second-order valence-electron chi connectivity index (χ2n) is 4.75. The van der Waals surface area contributed by atoms with E-state index in [0.29, 0.717) is 5.95 Å². The molecule has 0 radical (unpaired) electrons. The summed E-state index contributed by atoms with van der Waals surface area (Å²) >= 11 is 3.75. The molecule has 3 heterocycles. The average Bonchev–Trinajstić information content (AvgIpc) is 2.71. The number of nitrogen functional groups attached to an aromatic ring is 1. The van der Waals surface area contributed by atoms with Gasteiger partial charge in [0, 0.05) is 23.7 Å². The van der Waals surface area contributed by atoms with Crippen LogP contribution >= 0.6 is 23.1 Å². The highest BCUT2D eigenvalue weighted by Crippen LogP contribution is 2.33. The van der Waals surface area contributed by atoms with Crippen LogP contribution < -0.4 is 16.2 Å². The van der Waals surface area contributed by atoms with Gasteiger partial charge in [-0.2, -0.15) is 16.7 Å². The number of hydrogen-bond acceptors (Lipinski definition) is 7. The first kappa shape index (κ1) is 13.9. The Labute approximate surface area is 126 Å². The third kappa shape index (κ3) is 2.70. The number of thiophene rings is 1. The molecule has 0 atom stereocenters. The number of nitrogens with one attached hydrogen (secondary N) is 1. The van der Waals surface area contributed by atoms with Crippen molar-refractivity contribution in [3.63, 3.8) is 0 Å². The van der Waals surface area contributed by atoms with E-state index >= 15 is 0 Å². The number of fused-ring (bicyclic) bond motifs is 1. The van der Waals surface area contributed by atoms with Crippen LogP contribution in [0.5, 0.6) is 0 Å². The molecule has 108 valence electrons. The molecule has 2 aromatic heterocycles. The SMILES string of the molecule is CCc1cc2c(N3CCCSCC3)nc(NN)nc2s1. The van der Waals surface area contributed by atoms with E-state index in [0.717, 1.165) is 41.3 Å². The van der Waals surface area contributed by atoms with Crippen molar-refractivity contribution < 1.29 is 0 Å². The number of anilines is 2. The van der Waals surface area contributed by atoms with Crippen molar-refractivity contribution >= 4 is 45.1 Å². The van der Waals surface area contributed by atoms with E-state index in [9.17, 15) is 0 Å². The molecular weight excluding hydrogens is 290 g/mol. The van der Waals surface area contributed by atoms with Crippen molar-refractivity contribution in [2.24, 2.45) is 5.84 Å². The van der Waals surface area contributed by atoms with Gasteiger partial charge in [0.15, 0.2) is 0 Å². The number of rotatable bonds is 3. The molecule has 1 fully saturated rings. The van der Waals surface area contributed by atoms with Crippen LogP contribution in [0.15, 0.2) is 6.07 Å². The summed E-state index contributed by atoms with van der Waals surface area (Å²) in [5.74, 6) is 9.44. The van der Waals surface area contributed by atoms with Crippen molar-refractivity contribution in [1.29, 1.82) is 0 Å². The molecule has 0 aliphatic carbocycles. The predicted molar refractivity (Wildman–Crippen MR) is 88.8 cm³/mol. The Morgan fingerprint density at radius 3 is 3.05 bits per heavy atom. The molecule has 0 saturated carbocycles. The molecular formula is C13H19N5S2. The van der Waals surface area contributed by atoms with E-state index in [4.69, 9.17) is 5.84 Å². The van der Waals surface area contributed by atoms with Gasteiger partial charge in [0.25, 0.3) is 0 Å². The summed E-state index contributed by atoms with van der Waals surface area (Å²) in [5, 5.41) is 1.16. The van der Waals surface area contributed by atoms with Gasteiger partial charge < -0.3 is 4.90 Å². The lowest BCUT2D eigenvalue weighted by atomic mass is 10.3. The summed E-state index contributed by atoms with van der Waals surface area (Å²) < 4.78 is 0. The number of hydrazine groups is 1. The van der Waals surface area contributed by atoms with Gasteiger partial charge in [0.1, 0.15) is 10.6 Å². The second-order valence-corrected chi connectivity index (χ2v) is 7.09. The van der Waals surface area contributed by atoms with Crippen LogP contribution in [0.4, 0.5) is 11.8 Å². The van der Waals surface area contributed by atoms with Crippen molar-refractivity contribution in [3.05, 3.63) is 10.9 Å². The number of aryl methyl sites for hydroxylation is 1. The van der Waals surface area contributed by atoms with E-state index in [1.807, 2.05) is 11.8 Å². The lowest BCUT2D eigenvalue weighted by Crippen LogP contribution is -2.27. The molecule has 2 aromatic rings. The Morgan fingerprint density at radius 2 is 2.25 bits per heavy atom. The number of thioether (sulfide) groups is 1. The zero-order chi connectivity index (χ0) is 13.9. The Morgan fingerprint density at radius 1 is 1.35 bits per heavy atom. The van der Waals surface area contributed by atoms with Gasteiger partial charge in [-0.3, -0.25) is 5.43 Å². The van der Waals surface area contributed by atoms with Crippen LogP contribution in [-0.4, -0.2) is 34.6 Å². The molecule has 3 N–H and O–H groups in total. The fourth-order valence-corrected chi connectivity index (χ4v) is 4.24. The first-order valence-corrected chi connectivity index (χ1v) is 8.88. The van der Waals surface area contributed by atoms with E-state index in [2.05, 4.69) is 33.3 Å². The quantitative estimate of drug-likeness (QED) is 0.671. The molecule has 1 aliphatic rings. The van der Waals surface area contributed by atoms with Gasteiger partial charge in [-0.25, -0.2) is 10.8 Å². The summed E-state index contributed by atoms with van der Waals surface area (Å²) in [7, 11) is 0. The van der Waals surface area contributed by atoms with E-state index in [1.54, 1.807) is 11.3 Å². The highest BCUT2D eigenvalue weighted by atomic mass is 32.2. The van der Waals surface area contributed by atoms with Crippen LogP contribution in [0.25, 0.3) is 10.2 Å². The van der Waals surface area contributed by atoms with Gasteiger partial charge in [0.2, 0.25) is 5.95 Å². The largest absolute Gasteiger partial charge is 0.355 e. The highest BCUT2D eigenvalue weighted by Gasteiger charge is 2.18. The van der Waals surface area contributed by atoms with Crippen molar-refractivity contribution in [2.75, 3.05) is 34.9 Å². The van der Waals surface area contributed by atoms with Crippen molar-refractivity contribution in [2.45, 2.75) is 19.8 Å². The number of nitrogens with two attached hydrogens (primary N) is 1. The molecule has 0 amide bonds. The topological polar surface area (TPSA) is 67.1 Å². The van der Waals surface area contributed by atoms with E-state index < -0.39 is 0 Å². The van der Waals surface area contributed by atoms with Crippen LogP contribution in [0.1, 0.15) is 18.2 Å². The number of nitrogens with zero attached hydrogens (tertiary/aromatic N) is 3. The monoisotopic (exact) mass is 309 g/mol. The third-order valence-corrected chi connectivity index (χ3v) is 5.64. The Balaban J connectivity index is 2.08. The Bertz CT molecular complexity index is 590. The summed E-state index contributed by atoms with van der Waals surface area (Å²) in [6, 6.07) is 2.23. The fraction of sp³-hybridized carbons (Fsp3) is 0.538. The number of hydrogen-bond donors (Lipinski definition) is 2. The average molecular weight is 309 g/mol. The van der Waals surface area contributed by atoms with Crippen LogP contribution in [0.2, 0.25) is 0 Å². The third-order valence-electron chi connectivity index (χ3n) is 3.42. The minimum absolute atomic E-state index is 0.508. The van der Waals surface area contributed by atoms with E-state index in [1.165, 1.54) is 17.1 Å². The first-order chi connectivity index (χ1) is 9.81. The standard InChI is InChI=1S/C13H19N5S2/c1-2-9-8-10-11(18-4-3-6-19-7-5-18)15-13(17-14)16-12(10)20-9/h8H,2-7,14H2,1H3,(H,15,16,17). The normalized spacial score (nSPS) is 16.4. The zero-order valence-corrected chi connectivity index (χ0v) is 13.2. The van der Waals surface area contributed by atoms with Crippen molar-refractivity contribution in [1.82, 2.24) is 9.97 Å². The Kier molecular flexibility index (Phi) is 4.28. The predicted octanol–water partition coefficient (Wildman–Crippen LogP) is 2.48. The maximum atomic E-state index is 5.52. The zero-order valence-electron chi connectivity index (χ0n) is 11.6. The Hall–Kier alpha value is -1.05. The van der Waals surface area contributed by atoms with E-state index in [-0.39, 0.29) is 0 Å². The molecule has 1 aliphatic heterocycles. The molecule has 7 heteroatoms. The van der Waals surface area contributed by atoms with Crippen LogP contribution in [0, 0.1) is 0 Å². The molecule has 3 rings (SSSR count). The number of aromatic nitrogens is 2.